The van der Waals surface area contributed by atoms with Crippen LogP contribution in [0.3, 0.4) is 0 Å². The Morgan fingerprint density at radius 1 is 1.00 bits per heavy atom. The molecule has 0 spiro atoms. The molecule has 0 aromatic carbocycles. The summed E-state index contributed by atoms with van der Waals surface area (Å²) in [6.07, 6.45) is 7.12. The Hall–Kier alpha value is -0.860. The highest BCUT2D eigenvalue weighted by molar-refractivity contribution is 5.24. The molecular formula is C13H17N3. The third-order valence-corrected chi connectivity index (χ3v) is 5.51. The minimum Gasteiger partial charge on any atom is -0.263 e. The van der Waals surface area contributed by atoms with Crippen LogP contribution in [-0.2, 0) is 0 Å². The van der Waals surface area contributed by atoms with E-state index in [0.29, 0.717) is 5.92 Å². The summed E-state index contributed by atoms with van der Waals surface area (Å²) in [6, 6.07) is 0. The lowest BCUT2D eigenvalue weighted by molar-refractivity contribution is 0.456. The topological polar surface area (TPSA) is 41.6 Å². The predicted molar refractivity (Wildman–Crippen MR) is 58.9 cm³/mol. The Balaban J connectivity index is 1.45. The van der Waals surface area contributed by atoms with Crippen molar-refractivity contribution in [1.82, 2.24) is 15.2 Å². The zero-order chi connectivity index (χ0) is 10.3. The maximum atomic E-state index is 4.75. The van der Waals surface area contributed by atoms with Gasteiger partial charge in [-0.25, -0.2) is 4.98 Å². The van der Waals surface area contributed by atoms with Gasteiger partial charge >= 0.3 is 0 Å². The van der Waals surface area contributed by atoms with Gasteiger partial charge in [-0.2, -0.15) is 5.10 Å². The number of fused-ring (bicyclic) bond motifs is 5. The van der Waals surface area contributed by atoms with Crippen molar-refractivity contribution in [2.75, 3.05) is 0 Å². The molecule has 0 amide bonds. The molecule has 4 saturated carbocycles. The minimum atomic E-state index is 0.695. The largest absolute Gasteiger partial charge is 0.263 e. The first-order valence-corrected chi connectivity index (χ1v) is 6.84. The fourth-order valence-corrected chi connectivity index (χ4v) is 4.65. The van der Waals surface area contributed by atoms with Gasteiger partial charge in [0.25, 0.3) is 0 Å². The molecule has 0 radical (unpaired) electrons. The molecule has 1 N–H and O–H groups in total. The lowest BCUT2D eigenvalue weighted by atomic mass is 10.0. The average molecular weight is 215 g/mol. The second-order valence-corrected chi connectivity index (χ2v) is 6.37. The van der Waals surface area contributed by atoms with E-state index in [1.165, 1.54) is 37.9 Å². The summed E-state index contributed by atoms with van der Waals surface area (Å²) in [4.78, 5) is 4.75. The SMILES string of the molecule is C1CC1c1n[nH]c(C2C3C4CCC(C4)C23)n1. The van der Waals surface area contributed by atoms with E-state index < -0.39 is 0 Å². The molecule has 16 heavy (non-hydrogen) atoms. The molecule has 5 rings (SSSR count). The molecule has 3 heteroatoms. The molecule has 0 saturated heterocycles. The highest BCUT2D eigenvalue weighted by Gasteiger charge is 2.66. The fraction of sp³-hybridized carbons (Fsp3) is 0.846. The number of hydrogen-bond donors (Lipinski definition) is 1. The maximum Gasteiger partial charge on any atom is 0.153 e. The van der Waals surface area contributed by atoms with Gasteiger partial charge in [-0.3, -0.25) is 5.10 Å². The first-order chi connectivity index (χ1) is 7.92. The van der Waals surface area contributed by atoms with Crippen LogP contribution in [0.15, 0.2) is 0 Å². The number of nitrogens with zero attached hydrogens (tertiary/aromatic N) is 2. The molecule has 84 valence electrons. The van der Waals surface area contributed by atoms with Crippen molar-refractivity contribution in [2.45, 2.75) is 43.9 Å². The quantitative estimate of drug-likeness (QED) is 0.823. The van der Waals surface area contributed by atoms with E-state index in [9.17, 15) is 0 Å². The van der Waals surface area contributed by atoms with Crippen molar-refractivity contribution in [1.29, 1.82) is 0 Å². The zero-order valence-corrected chi connectivity index (χ0v) is 9.39. The van der Waals surface area contributed by atoms with Crippen LogP contribution in [0.2, 0.25) is 0 Å². The molecule has 4 aliphatic carbocycles. The second kappa shape index (κ2) is 2.52. The van der Waals surface area contributed by atoms with Crippen molar-refractivity contribution in [3.8, 4) is 0 Å². The summed E-state index contributed by atoms with van der Waals surface area (Å²) in [5.74, 6) is 7.84. The molecule has 4 atom stereocenters. The van der Waals surface area contributed by atoms with Crippen LogP contribution in [0.4, 0.5) is 0 Å². The molecule has 1 heterocycles. The first-order valence-electron chi connectivity index (χ1n) is 6.84. The summed E-state index contributed by atoms with van der Waals surface area (Å²) in [5.41, 5.74) is 0. The van der Waals surface area contributed by atoms with Gasteiger partial charge < -0.3 is 0 Å². The van der Waals surface area contributed by atoms with E-state index in [1.54, 1.807) is 0 Å². The summed E-state index contributed by atoms with van der Waals surface area (Å²) in [6.45, 7) is 0. The number of H-pyrrole nitrogens is 1. The Labute approximate surface area is 95.0 Å². The van der Waals surface area contributed by atoms with E-state index in [2.05, 4.69) is 10.2 Å². The highest BCUT2D eigenvalue weighted by atomic mass is 15.2. The van der Waals surface area contributed by atoms with Crippen LogP contribution in [-0.4, -0.2) is 15.2 Å². The van der Waals surface area contributed by atoms with E-state index in [-0.39, 0.29) is 0 Å². The number of aromatic nitrogens is 3. The Bertz CT molecular complexity index is 432. The molecule has 3 nitrogen and oxygen atoms in total. The van der Waals surface area contributed by atoms with Crippen molar-refractivity contribution >= 4 is 0 Å². The van der Waals surface area contributed by atoms with E-state index >= 15 is 0 Å². The molecule has 2 bridgehead atoms. The van der Waals surface area contributed by atoms with Crippen LogP contribution >= 0.6 is 0 Å². The third-order valence-electron chi connectivity index (χ3n) is 5.51. The van der Waals surface area contributed by atoms with Gasteiger partial charge in [0.05, 0.1) is 0 Å². The number of rotatable bonds is 2. The highest BCUT2D eigenvalue weighted by Crippen LogP contribution is 2.72. The van der Waals surface area contributed by atoms with Crippen LogP contribution in [0.1, 0.15) is 55.6 Å². The van der Waals surface area contributed by atoms with Gasteiger partial charge in [0, 0.05) is 11.8 Å². The third kappa shape index (κ3) is 0.910. The predicted octanol–water partition coefficient (Wildman–Crippen LogP) is 2.44. The molecule has 1 aromatic heterocycles. The zero-order valence-electron chi connectivity index (χ0n) is 9.39. The van der Waals surface area contributed by atoms with Crippen LogP contribution in [0.5, 0.6) is 0 Å². The van der Waals surface area contributed by atoms with Crippen LogP contribution in [0.25, 0.3) is 0 Å². The lowest BCUT2D eigenvalue weighted by Crippen LogP contribution is -1.99. The first kappa shape index (κ1) is 8.26. The molecular weight excluding hydrogens is 198 g/mol. The summed E-state index contributed by atoms with van der Waals surface area (Å²) >= 11 is 0. The Morgan fingerprint density at radius 2 is 1.75 bits per heavy atom. The molecule has 4 unspecified atom stereocenters. The maximum absolute atomic E-state index is 4.75. The van der Waals surface area contributed by atoms with Crippen molar-refractivity contribution < 1.29 is 0 Å². The van der Waals surface area contributed by atoms with Gasteiger partial charge in [-0.15, -0.1) is 0 Å². The molecule has 4 aliphatic rings. The van der Waals surface area contributed by atoms with E-state index in [1.807, 2.05) is 0 Å². The van der Waals surface area contributed by atoms with Crippen LogP contribution < -0.4 is 0 Å². The van der Waals surface area contributed by atoms with Gasteiger partial charge in [0.2, 0.25) is 0 Å². The molecule has 0 aliphatic heterocycles. The number of aromatic amines is 1. The lowest BCUT2D eigenvalue weighted by Gasteiger charge is -2.04. The number of hydrogen-bond acceptors (Lipinski definition) is 2. The monoisotopic (exact) mass is 215 g/mol. The van der Waals surface area contributed by atoms with Crippen molar-refractivity contribution in [3.05, 3.63) is 11.6 Å². The standard InChI is InChI=1S/C13H17N3/c1-2-6(1)12-14-13(16-15-12)11-9-7-3-4-8(5-7)10(9)11/h6-11H,1-5H2,(H,14,15,16). The van der Waals surface area contributed by atoms with Gasteiger partial charge in [-0.05, 0) is 55.8 Å². The normalized spacial score (nSPS) is 48.4. The van der Waals surface area contributed by atoms with E-state index in [4.69, 9.17) is 4.98 Å². The van der Waals surface area contributed by atoms with Gasteiger partial charge in [0.15, 0.2) is 5.82 Å². The molecule has 4 fully saturated rings. The number of nitrogens with one attached hydrogen (secondary N) is 1. The summed E-state index contributed by atoms with van der Waals surface area (Å²) < 4.78 is 0. The summed E-state index contributed by atoms with van der Waals surface area (Å²) in [7, 11) is 0. The van der Waals surface area contributed by atoms with Crippen molar-refractivity contribution in [3.63, 3.8) is 0 Å². The van der Waals surface area contributed by atoms with Gasteiger partial charge in [-0.1, -0.05) is 0 Å². The summed E-state index contributed by atoms with van der Waals surface area (Å²) in [5, 5.41) is 7.63. The molecule has 1 aromatic rings. The van der Waals surface area contributed by atoms with Crippen molar-refractivity contribution in [2.24, 2.45) is 23.7 Å². The van der Waals surface area contributed by atoms with Crippen LogP contribution in [0, 0.1) is 23.7 Å². The van der Waals surface area contributed by atoms with Gasteiger partial charge in [0.1, 0.15) is 5.82 Å². The Kier molecular flexibility index (Phi) is 1.30. The smallest absolute Gasteiger partial charge is 0.153 e. The average Bonchev–Trinajstić information content (AvgIpc) is 3.16. The van der Waals surface area contributed by atoms with E-state index in [0.717, 1.165) is 35.4 Å². The minimum absolute atomic E-state index is 0.695. The Morgan fingerprint density at radius 3 is 2.44 bits per heavy atom. The second-order valence-electron chi connectivity index (χ2n) is 6.37. The fourth-order valence-electron chi connectivity index (χ4n) is 4.65.